The summed E-state index contributed by atoms with van der Waals surface area (Å²) in [5.74, 6) is 0.758. The summed E-state index contributed by atoms with van der Waals surface area (Å²) >= 11 is 0. The zero-order chi connectivity index (χ0) is 28.4. The molecule has 1 amide bonds. The molecule has 11 nitrogen and oxygen atoms in total. The topological polar surface area (TPSA) is 148 Å². The van der Waals surface area contributed by atoms with Crippen molar-refractivity contribution in [2.75, 3.05) is 38.0 Å². The second-order valence-corrected chi connectivity index (χ2v) is 9.22. The Labute approximate surface area is 247 Å². The second-order valence-electron chi connectivity index (χ2n) is 9.22. The minimum Gasteiger partial charge on any atom is -0.402 e. The van der Waals surface area contributed by atoms with Crippen molar-refractivity contribution in [3.8, 4) is 0 Å². The molecule has 0 saturated heterocycles. The van der Waals surface area contributed by atoms with Gasteiger partial charge in [0.05, 0.1) is 12.1 Å². The first kappa shape index (κ1) is 33.1. The number of pyridine rings is 2. The van der Waals surface area contributed by atoms with Crippen molar-refractivity contribution in [3.63, 3.8) is 0 Å². The van der Waals surface area contributed by atoms with Crippen molar-refractivity contribution < 1.29 is 28.4 Å². The minimum absolute atomic E-state index is 0. The molecule has 1 aliphatic rings. The second kappa shape index (κ2) is 16.2. The maximum atomic E-state index is 13.1. The van der Waals surface area contributed by atoms with E-state index in [4.69, 9.17) is 5.73 Å². The largest absolute Gasteiger partial charge is 1.00 e. The summed E-state index contributed by atoms with van der Waals surface area (Å²) in [5, 5.41) is 6.70. The molecule has 0 bridgehead atoms. The molecule has 3 heterocycles. The smallest absolute Gasteiger partial charge is 0.402 e. The Hall–Kier alpha value is -3.10. The number of fused-ring (bicyclic) bond motifs is 1. The van der Waals surface area contributed by atoms with Crippen LogP contribution in [0.15, 0.2) is 29.3 Å². The van der Waals surface area contributed by atoms with Crippen LogP contribution < -0.4 is 40.8 Å². The van der Waals surface area contributed by atoms with Crippen LogP contribution in [0, 0.1) is 26.8 Å². The summed E-state index contributed by atoms with van der Waals surface area (Å²) in [4.78, 5) is 51.2. The van der Waals surface area contributed by atoms with Gasteiger partial charge < -0.3 is 35.1 Å². The molecule has 0 aliphatic heterocycles. The summed E-state index contributed by atoms with van der Waals surface area (Å²) in [6.45, 7) is 12.9. The van der Waals surface area contributed by atoms with Gasteiger partial charge in [-0.15, -0.1) is 13.1 Å². The molecule has 3 aromatic rings. The number of hydrogen-bond donors (Lipinski definition) is 3. The van der Waals surface area contributed by atoms with E-state index in [0.29, 0.717) is 55.7 Å². The maximum absolute atomic E-state index is 13.1. The van der Waals surface area contributed by atoms with Gasteiger partial charge in [-0.25, -0.2) is 17.1 Å². The molecule has 1 saturated carbocycles. The molecule has 1 aliphatic carbocycles. The van der Waals surface area contributed by atoms with Crippen LogP contribution in [0.5, 0.6) is 0 Å². The Morgan fingerprint density at radius 3 is 2.50 bits per heavy atom. The van der Waals surface area contributed by atoms with E-state index in [0.717, 1.165) is 31.1 Å². The third-order valence-corrected chi connectivity index (χ3v) is 6.60. The van der Waals surface area contributed by atoms with Crippen molar-refractivity contribution in [3.05, 3.63) is 65.9 Å². The van der Waals surface area contributed by atoms with Crippen molar-refractivity contribution in [1.82, 2.24) is 29.7 Å². The number of carbonyl (C=O) groups is 2. The van der Waals surface area contributed by atoms with Gasteiger partial charge in [0.15, 0.2) is 5.78 Å². The first-order valence-corrected chi connectivity index (χ1v) is 13.1. The molecule has 4 rings (SSSR count). The van der Waals surface area contributed by atoms with Gasteiger partial charge in [-0.3, -0.25) is 23.9 Å². The fraction of sp³-hybridized carbons (Fsp3) is 0.429. The number of Topliss-reactive ketones (excluding diaryl/α,β-unsaturated/α-hetero) is 1. The molecule has 3 aromatic heterocycles. The van der Waals surface area contributed by atoms with Gasteiger partial charge in [-0.05, 0) is 32.3 Å². The summed E-state index contributed by atoms with van der Waals surface area (Å²) < 4.78 is 1.70. The maximum Gasteiger partial charge on any atom is 1.00 e. The first-order valence-electron chi connectivity index (χ1n) is 13.1. The summed E-state index contributed by atoms with van der Waals surface area (Å²) in [6.07, 6.45) is 7.20. The molecule has 210 valence electrons. The van der Waals surface area contributed by atoms with Crippen LogP contribution in [0.3, 0.4) is 0 Å². The summed E-state index contributed by atoms with van der Waals surface area (Å²) in [5.41, 5.74) is 6.42. The third kappa shape index (κ3) is 8.21. The Bertz CT molecular complexity index is 1320. The monoisotopic (exact) mass is 540 g/mol. The quantitative estimate of drug-likeness (QED) is 0.133. The number of rotatable bonds is 10. The van der Waals surface area contributed by atoms with E-state index < -0.39 is 0 Å². The molecule has 0 aromatic carbocycles. The SMILES string of the molecule is CC(=O)c1c(C)c2cnc(Nc3cc[c-]cn3)nc2n(C2CCCC2)c1=O.[CH2-]CN(C[CH2-])C(=O)CNCCN.[Li+]. The molecule has 0 unspecified atom stereocenters. The number of ketones is 1. The molecular weight excluding hydrogens is 503 g/mol. The Kier molecular flexibility index (Phi) is 13.4. The first-order chi connectivity index (χ1) is 18.8. The number of anilines is 2. The number of aromatic nitrogens is 4. The van der Waals surface area contributed by atoms with E-state index in [9.17, 15) is 14.4 Å². The zero-order valence-corrected chi connectivity index (χ0v) is 23.7. The number of nitrogens with zero attached hydrogens (tertiary/aromatic N) is 5. The zero-order valence-electron chi connectivity index (χ0n) is 23.7. The van der Waals surface area contributed by atoms with Gasteiger partial charge in [0, 0.05) is 36.5 Å². The van der Waals surface area contributed by atoms with Gasteiger partial charge in [0.25, 0.3) is 5.56 Å². The molecule has 0 atom stereocenters. The van der Waals surface area contributed by atoms with E-state index in [1.807, 2.05) is 0 Å². The minimum atomic E-state index is -0.253. The van der Waals surface area contributed by atoms with Crippen molar-refractivity contribution >= 4 is 34.5 Å². The van der Waals surface area contributed by atoms with Crippen LogP contribution in [0.25, 0.3) is 11.0 Å². The van der Waals surface area contributed by atoms with Crippen LogP contribution in [-0.2, 0) is 4.79 Å². The predicted molar refractivity (Wildman–Crippen MR) is 152 cm³/mol. The molecular formula is C28H37LiN8O3-2. The molecule has 1 fully saturated rings. The van der Waals surface area contributed by atoms with Crippen LogP contribution in [-0.4, -0.2) is 68.8 Å². The number of nitrogens with two attached hydrogens (primary N) is 1. The van der Waals surface area contributed by atoms with Crippen LogP contribution >= 0.6 is 0 Å². The van der Waals surface area contributed by atoms with Crippen molar-refractivity contribution in [1.29, 1.82) is 0 Å². The van der Waals surface area contributed by atoms with E-state index in [-0.39, 0.29) is 47.7 Å². The van der Waals surface area contributed by atoms with Crippen molar-refractivity contribution in [2.45, 2.75) is 45.6 Å². The Balaban J connectivity index is 0.000000369. The predicted octanol–water partition coefficient (Wildman–Crippen LogP) is -0.608. The fourth-order valence-corrected chi connectivity index (χ4v) is 4.59. The number of nitrogens with one attached hydrogen (secondary N) is 2. The Morgan fingerprint density at radius 1 is 1.23 bits per heavy atom. The van der Waals surface area contributed by atoms with E-state index in [2.05, 4.69) is 45.5 Å². The molecule has 12 heteroatoms. The fourth-order valence-electron chi connectivity index (χ4n) is 4.59. The number of carbonyl (C=O) groups excluding carboxylic acids is 2. The average molecular weight is 541 g/mol. The van der Waals surface area contributed by atoms with Gasteiger partial charge in [-0.1, -0.05) is 19.0 Å². The van der Waals surface area contributed by atoms with Gasteiger partial charge in [-0.2, -0.15) is 11.1 Å². The van der Waals surface area contributed by atoms with Crippen molar-refractivity contribution in [2.24, 2.45) is 5.73 Å². The molecule has 0 radical (unpaired) electrons. The molecule has 0 spiro atoms. The summed E-state index contributed by atoms with van der Waals surface area (Å²) in [7, 11) is 0. The van der Waals surface area contributed by atoms with Gasteiger partial charge in [0.2, 0.25) is 11.9 Å². The van der Waals surface area contributed by atoms with Gasteiger partial charge in [0.1, 0.15) is 5.65 Å². The van der Waals surface area contributed by atoms with Crippen LogP contribution in [0.2, 0.25) is 0 Å². The van der Waals surface area contributed by atoms with Crippen LogP contribution in [0.1, 0.15) is 54.6 Å². The number of amides is 1. The molecule has 4 N–H and O–H groups in total. The van der Waals surface area contributed by atoms with E-state index in [1.54, 1.807) is 40.9 Å². The molecule has 40 heavy (non-hydrogen) atoms. The third-order valence-electron chi connectivity index (χ3n) is 6.60. The normalized spacial score (nSPS) is 12.8. The summed E-state index contributed by atoms with van der Waals surface area (Å²) in [6, 6.07) is 6.43. The van der Waals surface area contributed by atoms with Gasteiger partial charge >= 0.3 is 18.9 Å². The number of hydrogen-bond acceptors (Lipinski definition) is 9. The number of aryl methyl sites for hydroxylation is 1. The van der Waals surface area contributed by atoms with Crippen LogP contribution in [0.4, 0.5) is 11.8 Å². The average Bonchev–Trinajstić information content (AvgIpc) is 3.45. The Morgan fingerprint density at radius 2 is 1.93 bits per heavy atom. The van der Waals surface area contributed by atoms with E-state index >= 15 is 0 Å². The standard InChI is InChI=1S/C20H20N5O2.C8H17N3O.Li/c1-12-15-11-22-20(23-16-9-5-6-10-21-16)24-18(15)25(14-7-3-4-8-14)19(27)17(12)13(2)26;1-3-11(4-2)8(12)7-10-6-5-9;/h5,9-11,14H,3-4,7-8H2,1-2H3,(H,21,22,23,24);10H,1-7,9H2;/q-1;-2;+1. The van der Waals surface area contributed by atoms with E-state index in [1.165, 1.54) is 6.92 Å².